The molecule has 0 bridgehead atoms. The van der Waals surface area contributed by atoms with Crippen molar-refractivity contribution in [1.82, 2.24) is 0 Å². The van der Waals surface area contributed by atoms with Gasteiger partial charge in [0, 0.05) is 0 Å². The summed E-state index contributed by atoms with van der Waals surface area (Å²) in [6.45, 7) is 0. The monoisotopic (exact) mass is 372 g/mol. The molecule has 7 nitrogen and oxygen atoms in total. The average molecular weight is 372 g/mol. The Morgan fingerprint density at radius 2 is 1.33 bits per heavy atom. The predicted octanol–water partition coefficient (Wildman–Crippen LogP) is 3.50. The van der Waals surface area contributed by atoms with Crippen LogP contribution in [0.15, 0.2) is 39.7 Å². The maximum Gasteiger partial charge on any atom is 0.204 e. The van der Waals surface area contributed by atoms with E-state index in [0.717, 1.165) is 0 Å². The lowest BCUT2D eigenvalue weighted by molar-refractivity contribution is 0.324. The highest BCUT2D eigenvalue weighted by Crippen LogP contribution is 2.41. The molecule has 0 spiro atoms. The van der Waals surface area contributed by atoms with E-state index in [0.29, 0.717) is 50.8 Å². The molecule has 0 saturated heterocycles. The van der Waals surface area contributed by atoms with Gasteiger partial charge in [-0.05, 0) is 29.8 Å². The van der Waals surface area contributed by atoms with E-state index in [1.54, 1.807) is 24.3 Å². The quantitative estimate of drug-likeness (QED) is 0.655. The summed E-state index contributed by atoms with van der Waals surface area (Å²) in [5, 5.41) is 0.374. The molecule has 0 fully saturated rings. The lowest BCUT2D eigenvalue weighted by Crippen LogP contribution is -2.06. The Kier molecular flexibility index (Phi) is 5.12. The normalized spacial score (nSPS) is 10.6. The third-order valence-corrected chi connectivity index (χ3v) is 4.26. The molecule has 3 aromatic rings. The van der Waals surface area contributed by atoms with Gasteiger partial charge in [-0.2, -0.15) is 0 Å². The van der Waals surface area contributed by atoms with Gasteiger partial charge >= 0.3 is 0 Å². The molecule has 0 radical (unpaired) electrons. The summed E-state index contributed by atoms with van der Waals surface area (Å²) >= 11 is 0. The van der Waals surface area contributed by atoms with Crippen molar-refractivity contribution < 1.29 is 28.1 Å². The summed E-state index contributed by atoms with van der Waals surface area (Å²) in [5.74, 6) is 2.18. The third kappa shape index (κ3) is 3.01. The zero-order chi connectivity index (χ0) is 19.6. The van der Waals surface area contributed by atoms with Crippen molar-refractivity contribution in [3.8, 4) is 39.9 Å². The summed E-state index contributed by atoms with van der Waals surface area (Å²) in [6, 6.07) is 6.70. The number of rotatable bonds is 6. The van der Waals surface area contributed by atoms with Crippen LogP contribution < -0.4 is 29.1 Å². The van der Waals surface area contributed by atoms with Gasteiger partial charge in [-0.25, -0.2) is 0 Å². The van der Waals surface area contributed by atoms with Gasteiger partial charge in [0.1, 0.15) is 6.26 Å². The first-order valence-electron chi connectivity index (χ1n) is 8.06. The first kappa shape index (κ1) is 18.4. The van der Waals surface area contributed by atoms with Crippen LogP contribution in [0, 0.1) is 0 Å². The van der Waals surface area contributed by atoms with E-state index in [1.165, 1.54) is 41.8 Å². The second-order valence-electron chi connectivity index (χ2n) is 5.57. The number of benzene rings is 2. The van der Waals surface area contributed by atoms with Gasteiger partial charge in [0.2, 0.25) is 16.9 Å². The third-order valence-electron chi connectivity index (χ3n) is 4.26. The minimum Gasteiger partial charge on any atom is -0.493 e. The van der Waals surface area contributed by atoms with E-state index in [1.807, 2.05) is 0 Å². The van der Waals surface area contributed by atoms with Gasteiger partial charge in [-0.1, -0.05) is 0 Å². The summed E-state index contributed by atoms with van der Waals surface area (Å²) < 4.78 is 32.4. The average Bonchev–Trinajstić information content (AvgIpc) is 2.71. The maximum atomic E-state index is 13.1. The molecule has 2 aromatic carbocycles. The number of hydrogen-bond acceptors (Lipinski definition) is 7. The SMILES string of the molecule is COc1cc(-c2coc3c(OC)c(OC)ccc3c2=O)cc(OC)c1OC. The molecule has 0 saturated carbocycles. The molecule has 0 atom stereocenters. The molecule has 0 N–H and O–H groups in total. The van der Waals surface area contributed by atoms with E-state index in [-0.39, 0.29) is 5.43 Å². The predicted molar refractivity (Wildman–Crippen MR) is 101 cm³/mol. The van der Waals surface area contributed by atoms with Crippen LogP contribution in [-0.2, 0) is 0 Å². The Bertz CT molecular complexity index is 1010. The molecular formula is C20H20O7. The van der Waals surface area contributed by atoms with Gasteiger partial charge in [-0.15, -0.1) is 0 Å². The van der Waals surface area contributed by atoms with Gasteiger partial charge in [0.25, 0.3) is 0 Å². The van der Waals surface area contributed by atoms with E-state index >= 15 is 0 Å². The second kappa shape index (κ2) is 7.49. The zero-order valence-corrected chi connectivity index (χ0v) is 15.7. The first-order chi connectivity index (χ1) is 13.1. The fourth-order valence-corrected chi connectivity index (χ4v) is 2.95. The highest BCUT2D eigenvalue weighted by Gasteiger charge is 2.19. The van der Waals surface area contributed by atoms with Crippen LogP contribution in [0.1, 0.15) is 0 Å². The summed E-state index contributed by atoms with van der Waals surface area (Å²) in [5.41, 5.74) is 1.04. The topological polar surface area (TPSA) is 76.4 Å². The van der Waals surface area contributed by atoms with Gasteiger partial charge in [0.05, 0.1) is 46.5 Å². The minimum absolute atomic E-state index is 0.216. The van der Waals surface area contributed by atoms with Crippen molar-refractivity contribution in [3.05, 3.63) is 40.8 Å². The zero-order valence-electron chi connectivity index (χ0n) is 15.7. The maximum absolute atomic E-state index is 13.1. The first-order valence-corrected chi connectivity index (χ1v) is 8.06. The summed E-state index contributed by atoms with van der Waals surface area (Å²) in [6.07, 6.45) is 1.38. The molecule has 142 valence electrons. The van der Waals surface area contributed by atoms with Crippen LogP contribution in [0.5, 0.6) is 28.7 Å². The van der Waals surface area contributed by atoms with Crippen molar-refractivity contribution in [2.45, 2.75) is 0 Å². The number of fused-ring (bicyclic) bond motifs is 1. The molecule has 7 heteroatoms. The van der Waals surface area contributed by atoms with Crippen LogP contribution in [-0.4, -0.2) is 35.5 Å². The summed E-state index contributed by atoms with van der Waals surface area (Å²) in [7, 11) is 7.56. The second-order valence-corrected chi connectivity index (χ2v) is 5.57. The molecule has 0 unspecified atom stereocenters. The van der Waals surface area contributed by atoms with Gasteiger partial charge < -0.3 is 28.1 Å². The molecule has 0 aliphatic carbocycles. The molecule has 3 rings (SSSR count). The van der Waals surface area contributed by atoms with E-state index < -0.39 is 0 Å². The highest BCUT2D eigenvalue weighted by atomic mass is 16.5. The molecular weight excluding hydrogens is 352 g/mol. The van der Waals surface area contributed by atoms with E-state index in [4.69, 9.17) is 28.1 Å². The largest absolute Gasteiger partial charge is 0.493 e. The van der Waals surface area contributed by atoms with Crippen molar-refractivity contribution in [3.63, 3.8) is 0 Å². The van der Waals surface area contributed by atoms with Crippen LogP contribution in [0.4, 0.5) is 0 Å². The molecule has 0 aliphatic heterocycles. The van der Waals surface area contributed by atoms with Crippen LogP contribution in [0.2, 0.25) is 0 Å². The molecule has 27 heavy (non-hydrogen) atoms. The van der Waals surface area contributed by atoms with Crippen LogP contribution >= 0.6 is 0 Å². The van der Waals surface area contributed by atoms with Crippen molar-refractivity contribution in [1.29, 1.82) is 0 Å². The van der Waals surface area contributed by atoms with Crippen molar-refractivity contribution >= 4 is 11.0 Å². The van der Waals surface area contributed by atoms with Crippen LogP contribution in [0.25, 0.3) is 22.1 Å². The Balaban J connectivity index is 2.27. The molecule has 0 aliphatic rings. The number of hydrogen-bond donors (Lipinski definition) is 0. The fourth-order valence-electron chi connectivity index (χ4n) is 2.95. The van der Waals surface area contributed by atoms with Gasteiger partial charge in [0.15, 0.2) is 22.8 Å². The standard InChI is InChI=1S/C20H20O7/c1-22-14-7-6-12-17(21)13(10-27-18(12)20(14)26-5)11-8-15(23-2)19(25-4)16(9-11)24-3/h6-10H,1-5H3. The Morgan fingerprint density at radius 3 is 1.85 bits per heavy atom. The molecule has 0 amide bonds. The number of methoxy groups -OCH3 is 5. The van der Waals surface area contributed by atoms with E-state index in [9.17, 15) is 4.79 Å². The Morgan fingerprint density at radius 1 is 0.741 bits per heavy atom. The van der Waals surface area contributed by atoms with Crippen molar-refractivity contribution in [2.75, 3.05) is 35.5 Å². The highest BCUT2D eigenvalue weighted by molar-refractivity contribution is 5.88. The molecule has 1 aromatic heterocycles. The smallest absolute Gasteiger partial charge is 0.204 e. The van der Waals surface area contributed by atoms with Crippen molar-refractivity contribution in [2.24, 2.45) is 0 Å². The molecule has 1 heterocycles. The summed E-state index contributed by atoms with van der Waals surface area (Å²) in [4.78, 5) is 13.1. The van der Waals surface area contributed by atoms with Gasteiger partial charge in [-0.3, -0.25) is 4.79 Å². The van der Waals surface area contributed by atoms with Crippen LogP contribution in [0.3, 0.4) is 0 Å². The lowest BCUT2D eigenvalue weighted by atomic mass is 10.0. The lowest BCUT2D eigenvalue weighted by Gasteiger charge is -2.14. The van der Waals surface area contributed by atoms with E-state index in [2.05, 4.69) is 0 Å². The fraction of sp³-hybridized carbons (Fsp3) is 0.250. The Labute approximate surface area is 156 Å². The minimum atomic E-state index is -0.216. The Hall–Kier alpha value is -3.35. The number of ether oxygens (including phenoxy) is 5.